The molecule has 5 rings (SSSR count). The Balaban J connectivity index is 1.06. The Bertz CT molecular complexity index is 1290. The summed E-state index contributed by atoms with van der Waals surface area (Å²) in [6.07, 6.45) is 3.95. The summed E-state index contributed by atoms with van der Waals surface area (Å²) < 4.78 is 5.82. The minimum absolute atomic E-state index is 0.00132. The molecule has 0 atom stereocenters. The van der Waals surface area contributed by atoms with E-state index in [0.29, 0.717) is 12.6 Å². The molecule has 1 saturated heterocycles. The summed E-state index contributed by atoms with van der Waals surface area (Å²) in [6.45, 7) is 3.39. The highest BCUT2D eigenvalue weighted by atomic mass is 16.5. The minimum atomic E-state index is 0.00132. The van der Waals surface area contributed by atoms with Gasteiger partial charge in [0.2, 0.25) is 5.91 Å². The van der Waals surface area contributed by atoms with E-state index in [1.165, 1.54) is 10.9 Å². The van der Waals surface area contributed by atoms with Crippen LogP contribution in [0.3, 0.4) is 0 Å². The first kappa shape index (κ1) is 24.0. The second kappa shape index (κ2) is 11.3. The maximum atomic E-state index is 12.7. The largest absolute Gasteiger partial charge is 0.457 e. The van der Waals surface area contributed by atoms with E-state index in [4.69, 9.17) is 4.74 Å². The van der Waals surface area contributed by atoms with Crippen molar-refractivity contribution in [3.05, 3.63) is 96.7 Å². The van der Waals surface area contributed by atoms with Crippen molar-refractivity contribution in [1.29, 1.82) is 0 Å². The predicted molar refractivity (Wildman–Crippen MR) is 144 cm³/mol. The first-order valence-corrected chi connectivity index (χ1v) is 12.5. The summed E-state index contributed by atoms with van der Waals surface area (Å²) >= 11 is 0. The number of fused-ring (bicyclic) bond motifs is 1. The fraction of sp³-hybridized carbons (Fsp3) is 0.267. The van der Waals surface area contributed by atoms with E-state index in [2.05, 4.69) is 44.4 Å². The van der Waals surface area contributed by atoms with Crippen molar-refractivity contribution >= 4 is 22.5 Å². The van der Waals surface area contributed by atoms with Crippen molar-refractivity contribution in [2.45, 2.75) is 25.4 Å². The summed E-state index contributed by atoms with van der Waals surface area (Å²) in [5.41, 5.74) is 3.13. The molecule has 6 heteroatoms. The molecule has 0 spiro atoms. The molecular weight excluding hydrogens is 448 g/mol. The van der Waals surface area contributed by atoms with E-state index in [0.717, 1.165) is 55.2 Å². The molecule has 1 amide bonds. The number of ether oxygens (including phenoxy) is 1. The molecule has 0 bridgehead atoms. The number of piperidine rings is 1. The fourth-order valence-electron chi connectivity index (χ4n) is 4.79. The molecule has 2 heterocycles. The molecule has 6 nitrogen and oxygen atoms in total. The Hall–Kier alpha value is -3.74. The van der Waals surface area contributed by atoms with Crippen LogP contribution in [0.25, 0.3) is 10.9 Å². The average Bonchev–Trinajstić information content (AvgIpc) is 2.91. The Kier molecular flexibility index (Phi) is 7.55. The number of pyridine rings is 1. The first-order valence-electron chi connectivity index (χ1n) is 12.5. The highest BCUT2D eigenvalue weighted by molar-refractivity contribution is 5.92. The lowest BCUT2D eigenvalue weighted by atomic mass is 10.0. The maximum Gasteiger partial charge on any atom is 0.238 e. The number of aromatic nitrogens is 1. The smallest absolute Gasteiger partial charge is 0.238 e. The predicted octanol–water partition coefficient (Wildman–Crippen LogP) is 5.56. The van der Waals surface area contributed by atoms with Gasteiger partial charge in [0, 0.05) is 29.9 Å². The van der Waals surface area contributed by atoms with Crippen molar-refractivity contribution in [3.63, 3.8) is 0 Å². The van der Waals surface area contributed by atoms with Gasteiger partial charge in [0.15, 0.2) is 0 Å². The number of para-hydroxylation sites is 1. The third-order valence-electron chi connectivity index (χ3n) is 6.76. The lowest BCUT2D eigenvalue weighted by molar-refractivity contribution is -0.117. The zero-order valence-corrected chi connectivity index (χ0v) is 20.6. The standard InChI is InChI=1S/C30H32N4O2/c1-33(22-30(35)32-25-10-12-28(13-11-25)36-27-7-3-2-4-8-27)26-15-18-34(19-16-26)21-23-9-14-29-24(20-23)6-5-17-31-29/h2-14,17,20,26H,15-16,18-19,21-22H2,1H3,(H,32,35). The van der Waals surface area contributed by atoms with Gasteiger partial charge in [-0.25, -0.2) is 0 Å². The maximum absolute atomic E-state index is 12.7. The van der Waals surface area contributed by atoms with Gasteiger partial charge in [-0.2, -0.15) is 0 Å². The normalized spacial score (nSPS) is 14.7. The van der Waals surface area contributed by atoms with Crippen molar-refractivity contribution in [2.75, 3.05) is 32.0 Å². The lowest BCUT2D eigenvalue weighted by Gasteiger charge is -2.36. The third kappa shape index (κ3) is 6.27. The van der Waals surface area contributed by atoms with E-state index in [9.17, 15) is 4.79 Å². The van der Waals surface area contributed by atoms with Gasteiger partial charge < -0.3 is 10.1 Å². The van der Waals surface area contributed by atoms with Crippen molar-refractivity contribution in [1.82, 2.24) is 14.8 Å². The molecule has 184 valence electrons. The molecule has 1 aliphatic rings. The van der Waals surface area contributed by atoms with E-state index < -0.39 is 0 Å². The number of amides is 1. The number of nitrogens with one attached hydrogen (secondary N) is 1. The summed E-state index contributed by atoms with van der Waals surface area (Å²) in [4.78, 5) is 21.7. The number of likely N-dealkylation sites (tertiary alicyclic amines) is 1. The molecule has 1 N–H and O–H groups in total. The summed E-state index contributed by atoms with van der Waals surface area (Å²) in [5, 5.41) is 4.20. The monoisotopic (exact) mass is 480 g/mol. The highest BCUT2D eigenvalue weighted by Gasteiger charge is 2.23. The molecular formula is C30H32N4O2. The van der Waals surface area contributed by atoms with Gasteiger partial charge in [0.1, 0.15) is 11.5 Å². The number of hydrogen-bond acceptors (Lipinski definition) is 5. The Labute approximate surface area is 212 Å². The van der Waals surface area contributed by atoms with Crippen LogP contribution in [0.1, 0.15) is 18.4 Å². The molecule has 0 saturated carbocycles. The minimum Gasteiger partial charge on any atom is -0.457 e. The third-order valence-corrected chi connectivity index (χ3v) is 6.76. The molecule has 36 heavy (non-hydrogen) atoms. The SMILES string of the molecule is CN(CC(=O)Nc1ccc(Oc2ccccc2)cc1)C1CCN(Cc2ccc3ncccc3c2)CC1. The van der Waals surface area contributed by atoms with Gasteiger partial charge >= 0.3 is 0 Å². The van der Waals surface area contributed by atoms with Crippen LogP contribution in [0.15, 0.2) is 91.1 Å². The van der Waals surface area contributed by atoms with Gasteiger partial charge in [-0.1, -0.05) is 30.3 Å². The fourth-order valence-corrected chi connectivity index (χ4v) is 4.79. The average molecular weight is 481 g/mol. The topological polar surface area (TPSA) is 57.7 Å². The number of hydrogen-bond donors (Lipinski definition) is 1. The first-order chi connectivity index (χ1) is 17.6. The van der Waals surface area contributed by atoms with Gasteiger partial charge in [-0.3, -0.25) is 19.6 Å². The van der Waals surface area contributed by atoms with Crippen molar-refractivity contribution in [2.24, 2.45) is 0 Å². The second-order valence-corrected chi connectivity index (χ2v) is 9.44. The number of carbonyl (C=O) groups is 1. The van der Waals surface area contributed by atoms with Gasteiger partial charge in [0.25, 0.3) is 0 Å². The second-order valence-electron chi connectivity index (χ2n) is 9.44. The number of rotatable bonds is 8. The van der Waals surface area contributed by atoms with Crippen molar-refractivity contribution in [3.8, 4) is 11.5 Å². The molecule has 3 aromatic carbocycles. The molecule has 4 aromatic rings. The van der Waals surface area contributed by atoms with E-state index in [-0.39, 0.29) is 5.91 Å². The van der Waals surface area contributed by atoms with Gasteiger partial charge in [0.05, 0.1) is 12.1 Å². The molecule has 0 unspecified atom stereocenters. The highest BCUT2D eigenvalue weighted by Crippen LogP contribution is 2.23. The zero-order chi connectivity index (χ0) is 24.7. The zero-order valence-electron chi connectivity index (χ0n) is 20.6. The quantitative estimate of drug-likeness (QED) is 0.358. The van der Waals surface area contributed by atoms with Crippen LogP contribution in [0.4, 0.5) is 5.69 Å². The Morgan fingerprint density at radius 3 is 2.50 bits per heavy atom. The van der Waals surface area contributed by atoms with Crippen molar-refractivity contribution < 1.29 is 9.53 Å². The van der Waals surface area contributed by atoms with Crippen LogP contribution in [0, 0.1) is 0 Å². The summed E-state index contributed by atoms with van der Waals surface area (Å²) in [6, 6.07) is 28.2. The summed E-state index contributed by atoms with van der Waals surface area (Å²) in [7, 11) is 2.05. The van der Waals surface area contributed by atoms with Gasteiger partial charge in [-0.05, 0) is 93.1 Å². The van der Waals surface area contributed by atoms with Crippen LogP contribution < -0.4 is 10.1 Å². The number of benzene rings is 3. The Morgan fingerprint density at radius 1 is 0.972 bits per heavy atom. The molecule has 1 aromatic heterocycles. The number of carbonyl (C=O) groups excluding carboxylic acids is 1. The van der Waals surface area contributed by atoms with Gasteiger partial charge in [-0.15, -0.1) is 0 Å². The number of likely N-dealkylation sites (N-methyl/N-ethyl adjacent to an activating group) is 1. The van der Waals surface area contributed by atoms with Crippen LogP contribution in [0.5, 0.6) is 11.5 Å². The van der Waals surface area contributed by atoms with E-state index >= 15 is 0 Å². The number of nitrogens with zero attached hydrogens (tertiary/aromatic N) is 3. The van der Waals surface area contributed by atoms with E-state index in [1.54, 1.807) is 0 Å². The molecule has 0 aliphatic carbocycles. The lowest BCUT2D eigenvalue weighted by Crippen LogP contribution is -2.45. The molecule has 1 aliphatic heterocycles. The molecule has 0 radical (unpaired) electrons. The van der Waals surface area contributed by atoms with E-state index in [1.807, 2.05) is 73.9 Å². The van der Waals surface area contributed by atoms with Crippen LogP contribution >= 0.6 is 0 Å². The van der Waals surface area contributed by atoms with Crippen LogP contribution in [0.2, 0.25) is 0 Å². The Morgan fingerprint density at radius 2 is 1.72 bits per heavy atom. The van der Waals surface area contributed by atoms with Crippen LogP contribution in [-0.4, -0.2) is 53.4 Å². The number of anilines is 1. The van der Waals surface area contributed by atoms with Crippen LogP contribution in [-0.2, 0) is 11.3 Å². The summed E-state index contributed by atoms with van der Waals surface area (Å²) in [5.74, 6) is 1.53. The molecule has 1 fully saturated rings.